The van der Waals surface area contributed by atoms with Crippen molar-refractivity contribution in [2.24, 2.45) is 0 Å². The summed E-state index contributed by atoms with van der Waals surface area (Å²) in [5, 5.41) is 4.18. The van der Waals surface area contributed by atoms with Crippen molar-refractivity contribution in [1.29, 1.82) is 0 Å². The number of pyridine rings is 1. The minimum absolute atomic E-state index is 0.0554. The largest absolute Gasteiger partial charge is 0.324 e. The highest BCUT2D eigenvalue weighted by Crippen LogP contribution is 2.31. The van der Waals surface area contributed by atoms with Gasteiger partial charge in [-0.25, -0.2) is 0 Å². The molecule has 4 heteroatoms. The van der Waals surface area contributed by atoms with Crippen LogP contribution in [0.3, 0.4) is 0 Å². The number of amides is 1. The molecule has 1 N–H and O–H groups in total. The number of nitrogens with zero attached hydrogens (tertiary/aromatic N) is 1. The SMILES string of the molecule is Cc1ccccc1C(C[Si](C)(C)C)C(=O)Nc1cccc2cccnc12. The highest BCUT2D eigenvalue weighted by Gasteiger charge is 2.28. The predicted molar refractivity (Wildman–Crippen MR) is 112 cm³/mol. The second kappa shape index (κ2) is 7.42. The van der Waals surface area contributed by atoms with Crippen molar-refractivity contribution in [3.8, 4) is 0 Å². The third-order valence-corrected chi connectivity index (χ3v) is 6.22. The number of carbonyl (C=O) groups excluding carboxylic acids is 1. The fraction of sp³-hybridized carbons (Fsp3) is 0.273. The quantitative estimate of drug-likeness (QED) is 0.600. The smallest absolute Gasteiger partial charge is 0.231 e. The fourth-order valence-corrected chi connectivity index (χ4v) is 4.99. The van der Waals surface area contributed by atoms with Gasteiger partial charge in [-0.2, -0.15) is 0 Å². The minimum atomic E-state index is -1.44. The number of hydrogen-bond acceptors (Lipinski definition) is 2. The maximum absolute atomic E-state index is 13.3. The van der Waals surface area contributed by atoms with Gasteiger partial charge in [-0.1, -0.05) is 62.1 Å². The Morgan fingerprint density at radius 3 is 2.50 bits per heavy atom. The van der Waals surface area contributed by atoms with Crippen LogP contribution in [0.5, 0.6) is 0 Å². The molecule has 3 nitrogen and oxygen atoms in total. The summed E-state index contributed by atoms with van der Waals surface area (Å²) in [6, 6.07) is 19.0. The van der Waals surface area contributed by atoms with E-state index in [0.717, 1.165) is 28.2 Å². The number of carbonyl (C=O) groups is 1. The second-order valence-corrected chi connectivity index (χ2v) is 13.6. The Balaban J connectivity index is 1.96. The maximum atomic E-state index is 13.3. The lowest BCUT2D eigenvalue weighted by molar-refractivity contribution is -0.117. The van der Waals surface area contributed by atoms with Crippen molar-refractivity contribution < 1.29 is 4.79 Å². The van der Waals surface area contributed by atoms with Crippen LogP contribution < -0.4 is 5.32 Å². The van der Waals surface area contributed by atoms with Crippen molar-refractivity contribution in [2.45, 2.75) is 38.5 Å². The zero-order valence-corrected chi connectivity index (χ0v) is 16.9. The molecule has 26 heavy (non-hydrogen) atoms. The molecular formula is C22H26N2OSi. The van der Waals surface area contributed by atoms with Crippen LogP contribution in [0.4, 0.5) is 5.69 Å². The van der Waals surface area contributed by atoms with Crippen LogP contribution in [0.15, 0.2) is 60.8 Å². The van der Waals surface area contributed by atoms with E-state index >= 15 is 0 Å². The average Bonchev–Trinajstić information content (AvgIpc) is 2.60. The number of aromatic nitrogens is 1. The molecule has 3 aromatic rings. The van der Waals surface area contributed by atoms with E-state index < -0.39 is 8.07 Å². The molecule has 1 unspecified atom stereocenters. The fourth-order valence-electron chi connectivity index (χ4n) is 3.36. The highest BCUT2D eigenvalue weighted by atomic mass is 28.3. The summed E-state index contributed by atoms with van der Waals surface area (Å²) in [5.74, 6) is -0.0817. The number of para-hydroxylation sites is 1. The number of rotatable bonds is 5. The van der Waals surface area contributed by atoms with Gasteiger partial charge in [-0.15, -0.1) is 0 Å². The Morgan fingerprint density at radius 1 is 1.04 bits per heavy atom. The van der Waals surface area contributed by atoms with Crippen LogP contribution >= 0.6 is 0 Å². The van der Waals surface area contributed by atoms with Gasteiger partial charge in [0.1, 0.15) is 0 Å². The molecule has 1 heterocycles. The van der Waals surface area contributed by atoms with E-state index in [2.05, 4.69) is 49.0 Å². The van der Waals surface area contributed by atoms with Crippen LogP contribution in [0.25, 0.3) is 10.9 Å². The first-order valence-electron chi connectivity index (χ1n) is 9.05. The third kappa shape index (κ3) is 4.19. The summed E-state index contributed by atoms with van der Waals surface area (Å²) < 4.78 is 0. The number of benzene rings is 2. The van der Waals surface area contributed by atoms with Crippen LogP contribution in [-0.4, -0.2) is 19.0 Å². The molecule has 0 fully saturated rings. The molecule has 134 valence electrons. The van der Waals surface area contributed by atoms with Crippen LogP contribution in [-0.2, 0) is 4.79 Å². The zero-order chi connectivity index (χ0) is 18.7. The zero-order valence-electron chi connectivity index (χ0n) is 15.9. The molecule has 1 aromatic heterocycles. The van der Waals surface area contributed by atoms with E-state index in [1.807, 2.05) is 42.5 Å². The monoisotopic (exact) mass is 362 g/mol. The van der Waals surface area contributed by atoms with Crippen molar-refractivity contribution in [3.63, 3.8) is 0 Å². The summed E-state index contributed by atoms with van der Waals surface area (Å²) >= 11 is 0. The highest BCUT2D eigenvalue weighted by molar-refractivity contribution is 6.76. The molecule has 1 amide bonds. The summed E-state index contributed by atoms with van der Waals surface area (Å²) in [4.78, 5) is 17.7. The minimum Gasteiger partial charge on any atom is -0.324 e. The molecule has 0 radical (unpaired) electrons. The molecule has 1 atom stereocenters. The van der Waals surface area contributed by atoms with Gasteiger partial charge < -0.3 is 5.32 Å². The van der Waals surface area contributed by atoms with Gasteiger partial charge in [0, 0.05) is 19.7 Å². The van der Waals surface area contributed by atoms with E-state index in [9.17, 15) is 4.79 Å². The van der Waals surface area contributed by atoms with Crippen molar-refractivity contribution in [2.75, 3.05) is 5.32 Å². The summed E-state index contributed by atoms with van der Waals surface area (Å²) in [5.41, 5.74) is 3.91. The second-order valence-electron chi connectivity index (χ2n) is 8.04. The molecule has 0 aliphatic heterocycles. The first-order valence-corrected chi connectivity index (χ1v) is 12.8. The van der Waals surface area contributed by atoms with Crippen LogP contribution in [0, 0.1) is 6.92 Å². The molecule has 0 saturated carbocycles. The lowest BCUT2D eigenvalue weighted by Crippen LogP contribution is -2.30. The lowest BCUT2D eigenvalue weighted by atomic mass is 9.95. The summed E-state index contributed by atoms with van der Waals surface area (Å²) in [7, 11) is -1.44. The normalized spacial score (nSPS) is 12.8. The van der Waals surface area contributed by atoms with E-state index in [0.29, 0.717) is 0 Å². The first kappa shape index (κ1) is 18.3. The molecule has 0 spiro atoms. The third-order valence-electron chi connectivity index (χ3n) is 4.59. The number of hydrogen-bond donors (Lipinski definition) is 1. The number of aryl methyl sites for hydroxylation is 1. The average molecular weight is 363 g/mol. The Bertz CT molecular complexity index is 925. The molecular weight excluding hydrogens is 336 g/mol. The Labute approximate surface area is 156 Å². The van der Waals surface area contributed by atoms with E-state index in [1.165, 1.54) is 5.56 Å². The van der Waals surface area contributed by atoms with E-state index in [1.54, 1.807) is 6.20 Å². The summed E-state index contributed by atoms with van der Waals surface area (Å²) in [6.45, 7) is 9.01. The number of nitrogens with one attached hydrogen (secondary N) is 1. The molecule has 0 bridgehead atoms. The van der Waals surface area contributed by atoms with Crippen LogP contribution in [0.1, 0.15) is 17.0 Å². The van der Waals surface area contributed by atoms with Gasteiger partial charge in [0.25, 0.3) is 0 Å². The Kier molecular flexibility index (Phi) is 5.23. The molecule has 0 aliphatic carbocycles. The first-order chi connectivity index (χ1) is 12.3. The molecule has 0 aliphatic rings. The van der Waals surface area contributed by atoms with Gasteiger partial charge in [-0.05, 0) is 36.2 Å². The van der Waals surface area contributed by atoms with Gasteiger partial charge >= 0.3 is 0 Å². The lowest BCUT2D eigenvalue weighted by Gasteiger charge is -2.25. The number of fused-ring (bicyclic) bond motifs is 1. The Morgan fingerprint density at radius 2 is 1.77 bits per heavy atom. The molecule has 0 saturated heterocycles. The Hall–Kier alpha value is -2.46. The van der Waals surface area contributed by atoms with Gasteiger partial charge in [0.05, 0.1) is 17.1 Å². The molecule has 2 aromatic carbocycles. The van der Waals surface area contributed by atoms with Crippen molar-refractivity contribution in [3.05, 3.63) is 71.9 Å². The van der Waals surface area contributed by atoms with Gasteiger partial charge in [-0.3, -0.25) is 9.78 Å². The van der Waals surface area contributed by atoms with Gasteiger partial charge in [0.2, 0.25) is 5.91 Å². The van der Waals surface area contributed by atoms with Gasteiger partial charge in [0.15, 0.2) is 0 Å². The summed E-state index contributed by atoms with van der Waals surface area (Å²) in [6.07, 6.45) is 1.76. The van der Waals surface area contributed by atoms with E-state index in [4.69, 9.17) is 0 Å². The molecule has 3 rings (SSSR count). The van der Waals surface area contributed by atoms with Crippen LogP contribution in [0.2, 0.25) is 25.7 Å². The topological polar surface area (TPSA) is 42.0 Å². The van der Waals surface area contributed by atoms with Crippen molar-refractivity contribution >= 4 is 30.6 Å². The van der Waals surface area contributed by atoms with Crippen molar-refractivity contribution in [1.82, 2.24) is 4.98 Å². The standard InChI is InChI=1S/C22H26N2OSi/c1-16-9-5-6-12-18(16)19(15-26(2,3)4)22(25)24-20-13-7-10-17-11-8-14-23-21(17)20/h5-14,19H,15H2,1-4H3,(H,24,25). The predicted octanol–water partition coefficient (Wildman–Crippen LogP) is 5.60. The van der Waals surface area contributed by atoms with E-state index in [-0.39, 0.29) is 11.8 Å². The maximum Gasteiger partial charge on any atom is 0.231 e. The number of anilines is 1.